The number of benzene rings is 3. The van der Waals surface area contributed by atoms with Gasteiger partial charge in [0.1, 0.15) is 17.3 Å². The van der Waals surface area contributed by atoms with Crippen molar-refractivity contribution in [2.75, 3.05) is 0 Å². The van der Waals surface area contributed by atoms with E-state index in [1.165, 1.54) is 6.07 Å². The maximum absolute atomic E-state index is 14.0. The Kier molecular flexibility index (Phi) is 3.59. The van der Waals surface area contributed by atoms with Crippen molar-refractivity contribution >= 4 is 10.8 Å². The molecule has 0 radical (unpaired) electrons. The average molecular weight is 281 g/mol. The summed E-state index contributed by atoms with van der Waals surface area (Å²) in [5, 5.41) is 2.06. The van der Waals surface area contributed by atoms with E-state index in [1.807, 2.05) is 42.5 Å². The summed E-state index contributed by atoms with van der Waals surface area (Å²) in [5.74, 6) is 0.810. The Labute approximate surface area is 123 Å². The Hall–Kier alpha value is -2.39. The minimum atomic E-state index is -0.434. The molecular weight excluding hydrogens is 265 g/mol. The molecule has 0 saturated carbocycles. The molecule has 2 N–H and O–H groups in total. The van der Waals surface area contributed by atoms with Gasteiger partial charge in [0.25, 0.3) is 0 Å². The van der Waals surface area contributed by atoms with Crippen LogP contribution < -0.4 is 10.5 Å². The van der Waals surface area contributed by atoms with Gasteiger partial charge in [0.2, 0.25) is 0 Å². The fraction of sp³-hybridized carbons (Fsp3) is 0.111. The van der Waals surface area contributed by atoms with Crippen molar-refractivity contribution in [1.82, 2.24) is 0 Å². The molecule has 0 bridgehead atoms. The predicted octanol–water partition coefficient (Wildman–Crippen LogP) is 4.79. The van der Waals surface area contributed by atoms with Gasteiger partial charge in [-0.25, -0.2) is 4.39 Å². The largest absolute Gasteiger partial charge is 0.456 e. The van der Waals surface area contributed by atoms with Crippen LogP contribution in [0.1, 0.15) is 18.5 Å². The number of hydrogen-bond donors (Lipinski definition) is 1. The summed E-state index contributed by atoms with van der Waals surface area (Å²) in [6.45, 7) is 1.74. The van der Waals surface area contributed by atoms with Crippen molar-refractivity contribution in [2.24, 2.45) is 5.73 Å². The van der Waals surface area contributed by atoms with Gasteiger partial charge in [-0.3, -0.25) is 0 Å². The monoisotopic (exact) mass is 281 g/mol. The molecule has 3 heteroatoms. The minimum absolute atomic E-state index is 0.345. The highest BCUT2D eigenvalue weighted by atomic mass is 19.1. The molecule has 21 heavy (non-hydrogen) atoms. The standard InChI is InChI=1S/C18H16FNO/c1-12(20)18-15(19)9-5-11-17(18)21-16-10-4-7-13-6-2-3-8-14(13)16/h2-12H,20H2,1H3/t12-/m0/s1. The smallest absolute Gasteiger partial charge is 0.135 e. The van der Waals surface area contributed by atoms with E-state index in [2.05, 4.69) is 0 Å². The van der Waals surface area contributed by atoms with Gasteiger partial charge in [0, 0.05) is 17.0 Å². The second-order valence-electron chi connectivity index (χ2n) is 5.02. The van der Waals surface area contributed by atoms with Gasteiger partial charge < -0.3 is 10.5 Å². The summed E-state index contributed by atoms with van der Waals surface area (Å²) in [4.78, 5) is 0. The van der Waals surface area contributed by atoms with E-state index >= 15 is 0 Å². The van der Waals surface area contributed by atoms with Crippen molar-refractivity contribution in [3.63, 3.8) is 0 Å². The number of nitrogens with two attached hydrogens (primary N) is 1. The second kappa shape index (κ2) is 5.54. The molecule has 106 valence electrons. The van der Waals surface area contributed by atoms with Crippen LogP contribution in [-0.4, -0.2) is 0 Å². The summed E-state index contributed by atoms with van der Waals surface area (Å²) >= 11 is 0. The Morgan fingerprint density at radius 2 is 1.57 bits per heavy atom. The van der Waals surface area contributed by atoms with Gasteiger partial charge in [0.05, 0.1) is 0 Å². The Bertz CT molecular complexity index is 778. The van der Waals surface area contributed by atoms with E-state index in [4.69, 9.17) is 10.5 Å². The van der Waals surface area contributed by atoms with E-state index in [0.29, 0.717) is 17.1 Å². The van der Waals surface area contributed by atoms with Gasteiger partial charge in [-0.05, 0) is 30.5 Å². The first-order valence-corrected chi connectivity index (χ1v) is 6.86. The first-order valence-electron chi connectivity index (χ1n) is 6.86. The molecule has 0 spiro atoms. The van der Waals surface area contributed by atoms with Crippen molar-refractivity contribution in [1.29, 1.82) is 0 Å². The molecule has 0 aliphatic carbocycles. The van der Waals surface area contributed by atoms with Gasteiger partial charge in [0.15, 0.2) is 0 Å². The van der Waals surface area contributed by atoms with Crippen LogP contribution in [0.2, 0.25) is 0 Å². The zero-order chi connectivity index (χ0) is 14.8. The lowest BCUT2D eigenvalue weighted by Crippen LogP contribution is -2.09. The predicted molar refractivity (Wildman–Crippen MR) is 83.0 cm³/mol. The number of fused-ring (bicyclic) bond motifs is 1. The summed E-state index contributed by atoms with van der Waals surface area (Å²) in [5.41, 5.74) is 6.26. The van der Waals surface area contributed by atoms with Crippen molar-refractivity contribution in [3.05, 3.63) is 72.0 Å². The lowest BCUT2D eigenvalue weighted by Gasteiger charge is -2.15. The van der Waals surface area contributed by atoms with Crippen LogP contribution in [0.15, 0.2) is 60.7 Å². The van der Waals surface area contributed by atoms with E-state index in [9.17, 15) is 4.39 Å². The van der Waals surface area contributed by atoms with Crippen molar-refractivity contribution in [3.8, 4) is 11.5 Å². The lowest BCUT2D eigenvalue weighted by molar-refractivity contribution is 0.465. The molecule has 0 unspecified atom stereocenters. The molecule has 0 aliphatic rings. The van der Waals surface area contributed by atoms with Crippen LogP contribution in [-0.2, 0) is 0 Å². The third kappa shape index (κ3) is 2.60. The van der Waals surface area contributed by atoms with E-state index in [-0.39, 0.29) is 5.82 Å². The topological polar surface area (TPSA) is 35.2 Å². The zero-order valence-corrected chi connectivity index (χ0v) is 11.7. The SMILES string of the molecule is C[C@H](N)c1c(F)cccc1Oc1cccc2ccccc12. The van der Waals surface area contributed by atoms with Crippen LogP contribution in [0.25, 0.3) is 10.8 Å². The molecule has 0 amide bonds. The lowest BCUT2D eigenvalue weighted by atomic mass is 10.1. The van der Waals surface area contributed by atoms with E-state index in [0.717, 1.165) is 10.8 Å². The molecule has 3 aromatic carbocycles. The maximum atomic E-state index is 14.0. The molecule has 0 aromatic heterocycles. The first-order chi connectivity index (χ1) is 10.2. The number of hydrogen-bond acceptors (Lipinski definition) is 2. The van der Waals surface area contributed by atoms with Crippen LogP contribution in [0.3, 0.4) is 0 Å². The van der Waals surface area contributed by atoms with Crippen LogP contribution >= 0.6 is 0 Å². The Balaban J connectivity index is 2.09. The molecule has 3 rings (SSSR count). The van der Waals surface area contributed by atoms with Gasteiger partial charge in [-0.15, -0.1) is 0 Å². The summed E-state index contributed by atoms with van der Waals surface area (Å²) in [6, 6.07) is 18.1. The third-order valence-electron chi connectivity index (χ3n) is 3.44. The van der Waals surface area contributed by atoms with Gasteiger partial charge in [-0.1, -0.05) is 42.5 Å². The first kappa shape index (κ1) is 13.6. The summed E-state index contributed by atoms with van der Waals surface area (Å²) in [7, 11) is 0. The normalized spacial score (nSPS) is 12.3. The Morgan fingerprint density at radius 3 is 2.38 bits per heavy atom. The highest BCUT2D eigenvalue weighted by Crippen LogP contribution is 2.34. The highest BCUT2D eigenvalue weighted by Gasteiger charge is 2.15. The zero-order valence-electron chi connectivity index (χ0n) is 11.7. The van der Waals surface area contributed by atoms with Crippen LogP contribution in [0.4, 0.5) is 4.39 Å². The summed E-state index contributed by atoms with van der Waals surface area (Å²) < 4.78 is 19.9. The fourth-order valence-electron chi connectivity index (χ4n) is 2.45. The highest BCUT2D eigenvalue weighted by molar-refractivity contribution is 5.88. The average Bonchev–Trinajstić information content (AvgIpc) is 2.47. The second-order valence-corrected chi connectivity index (χ2v) is 5.02. The third-order valence-corrected chi connectivity index (χ3v) is 3.44. The molecule has 0 fully saturated rings. The molecule has 0 saturated heterocycles. The quantitative estimate of drug-likeness (QED) is 0.749. The minimum Gasteiger partial charge on any atom is -0.456 e. The van der Waals surface area contributed by atoms with Crippen molar-refractivity contribution in [2.45, 2.75) is 13.0 Å². The molecular formula is C18H16FNO. The number of rotatable bonds is 3. The van der Waals surface area contributed by atoms with Crippen LogP contribution in [0, 0.1) is 5.82 Å². The van der Waals surface area contributed by atoms with E-state index < -0.39 is 6.04 Å². The fourth-order valence-corrected chi connectivity index (χ4v) is 2.45. The molecule has 0 heterocycles. The van der Waals surface area contributed by atoms with Gasteiger partial charge >= 0.3 is 0 Å². The molecule has 2 nitrogen and oxygen atoms in total. The Morgan fingerprint density at radius 1 is 0.905 bits per heavy atom. The molecule has 0 aliphatic heterocycles. The number of halogens is 1. The van der Waals surface area contributed by atoms with Crippen molar-refractivity contribution < 1.29 is 9.13 Å². The molecule has 1 atom stereocenters. The van der Waals surface area contributed by atoms with Crippen LogP contribution in [0.5, 0.6) is 11.5 Å². The maximum Gasteiger partial charge on any atom is 0.135 e. The molecule has 3 aromatic rings. The number of ether oxygens (including phenoxy) is 1. The van der Waals surface area contributed by atoms with Gasteiger partial charge in [-0.2, -0.15) is 0 Å². The van der Waals surface area contributed by atoms with E-state index in [1.54, 1.807) is 19.1 Å². The summed E-state index contributed by atoms with van der Waals surface area (Å²) in [6.07, 6.45) is 0.